The van der Waals surface area contributed by atoms with Crippen molar-refractivity contribution in [2.24, 2.45) is 0 Å². The van der Waals surface area contributed by atoms with E-state index in [4.69, 9.17) is 0 Å². The second-order valence-electron chi connectivity index (χ2n) is 4.03. The number of nitriles is 1. The van der Waals surface area contributed by atoms with Crippen LogP contribution in [0, 0.1) is 11.3 Å². The lowest BCUT2D eigenvalue weighted by molar-refractivity contribution is 1.26. The maximum absolute atomic E-state index is 9.26. The summed E-state index contributed by atoms with van der Waals surface area (Å²) in [6.07, 6.45) is 3.41. The van der Waals surface area contributed by atoms with Crippen molar-refractivity contribution in [1.29, 1.82) is 5.26 Å². The summed E-state index contributed by atoms with van der Waals surface area (Å²) in [5, 5.41) is 9.26. The molecule has 4 nitrogen and oxygen atoms in total. The predicted molar refractivity (Wildman–Crippen MR) is 73.8 cm³/mol. The van der Waals surface area contributed by atoms with Crippen LogP contribution in [0.4, 0.5) is 0 Å². The van der Waals surface area contributed by atoms with Crippen molar-refractivity contribution >= 4 is 22.7 Å². The minimum Gasteiger partial charge on any atom is -0.337 e. The van der Waals surface area contributed by atoms with Crippen LogP contribution >= 0.6 is 0 Å². The normalized spacial score (nSPS) is 11.4. The van der Waals surface area contributed by atoms with Crippen molar-refractivity contribution in [2.45, 2.75) is 0 Å². The van der Waals surface area contributed by atoms with Gasteiger partial charge in [0.25, 0.3) is 0 Å². The molecule has 0 aliphatic carbocycles. The topological polar surface area (TPSA) is 65.4 Å². The van der Waals surface area contributed by atoms with Crippen LogP contribution in [0.3, 0.4) is 0 Å². The van der Waals surface area contributed by atoms with Crippen LogP contribution in [-0.2, 0) is 0 Å². The summed E-state index contributed by atoms with van der Waals surface area (Å²) in [7, 11) is 0. The minimum absolute atomic E-state index is 0.467. The maximum atomic E-state index is 9.26. The maximum Gasteiger partial charge on any atom is 0.149 e. The first-order valence-corrected chi connectivity index (χ1v) is 5.85. The van der Waals surface area contributed by atoms with E-state index in [0.717, 1.165) is 16.7 Å². The van der Waals surface area contributed by atoms with Gasteiger partial charge in [0.2, 0.25) is 0 Å². The quantitative estimate of drug-likeness (QED) is 0.707. The van der Waals surface area contributed by atoms with E-state index in [0.29, 0.717) is 11.4 Å². The Kier molecular flexibility index (Phi) is 2.79. The number of hydrogen-bond donors (Lipinski definition) is 1. The van der Waals surface area contributed by atoms with Gasteiger partial charge in [0.05, 0.1) is 22.3 Å². The van der Waals surface area contributed by atoms with Crippen molar-refractivity contribution in [3.05, 3.63) is 60.2 Å². The fourth-order valence-electron chi connectivity index (χ4n) is 1.84. The number of nitrogens with zero attached hydrogens (tertiary/aromatic N) is 3. The van der Waals surface area contributed by atoms with Gasteiger partial charge in [-0.25, -0.2) is 4.98 Å². The standard InChI is InChI=1S/C15H10N4/c16-10-11(9-12-5-3-4-8-17-12)15-18-13-6-1-2-7-14(13)19-15/h1-9H,(H,18,19)/b11-9+. The van der Waals surface area contributed by atoms with Crippen molar-refractivity contribution in [2.75, 3.05) is 0 Å². The van der Waals surface area contributed by atoms with Crippen LogP contribution in [0.1, 0.15) is 11.5 Å². The number of aromatic nitrogens is 3. The van der Waals surface area contributed by atoms with E-state index in [1.165, 1.54) is 0 Å². The number of para-hydroxylation sites is 2. The Morgan fingerprint density at radius 1 is 1.16 bits per heavy atom. The molecular formula is C15H10N4. The van der Waals surface area contributed by atoms with E-state index in [1.54, 1.807) is 12.3 Å². The number of rotatable bonds is 2. The lowest BCUT2D eigenvalue weighted by Crippen LogP contribution is -1.86. The molecule has 0 radical (unpaired) electrons. The molecule has 4 heteroatoms. The van der Waals surface area contributed by atoms with Crippen LogP contribution in [0.15, 0.2) is 48.7 Å². The number of nitrogens with one attached hydrogen (secondary N) is 1. The fraction of sp³-hybridized carbons (Fsp3) is 0. The third-order valence-electron chi connectivity index (χ3n) is 2.74. The van der Waals surface area contributed by atoms with Crippen LogP contribution in [0.5, 0.6) is 0 Å². The number of fused-ring (bicyclic) bond motifs is 1. The molecule has 2 aromatic heterocycles. The summed E-state index contributed by atoms with van der Waals surface area (Å²) < 4.78 is 0. The minimum atomic E-state index is 0.467. The monoisotopic (exact) mass is 246 g/mol. The Morgan fingerprint density at radius 2 is 2.00 bits per heavy atom. The Bertz CT molecular complexity index is 746. The van der Waals surface area contributed by atoms with Gasteiger partial charge in [-0.2, -0.15) is 5.26 Å². The van der Waals surface area contributed by atoms with E-state index >= 15 is 0 Å². The molecule has 1 N–H and O–H groups in total. The third-order valence-corrected chi connectivity index (χ3v) is 2.74. The van der Waals surface area contributed by atoms with Crippen molar-refractivity contribution in [3.8, 4) is 6.07 Å². The molecule has 0 aliphatic heterocycles. The summed E-state index contributed by atoms with van der Waals surface area (Å²) in [5.74, 6) is 0.564. The largest absolute Gasteiger partial charge is 0.337 e. The number of allylic oxidation sites excluding steroid dienone is 1. The first-order chi connectivity index (χ1) is 9.36. The second-order valence-corrected chi connectivity index (χ2v) is 4.03. The van der Waals surface area contributed by atoms with Gasteiger partial charge >= 0.3 is 0 Å². The average Bonchev–Trinajstić information content (AvgIpc) is 2.89. The van der Waals surface area contributed by atoms with Crippen LogP contribution in [-0.4, -0.2) is 15.0 Å². The number of H-pyrrole nitrogens is 1. The number of aromatic amines is 1. The van der Waals surface area contributed by atoms with Gasteiger partial charge in [-0.3, -0.25) is 4.98 Å². The van der Waals surface area contributed by atoms with E-state index in [-0.39, 0.29) is 0 Å². The predicted octanol–water partition coefficient (Wildman–Crippen LogP) is 3.02. The first kappa shape index (κ1) is 11.2. The fourth-order valence-corrected chi connectivity index (χ4v) is 1.84. The van der Waals surface area contributed by atoms with Gasteiger partial charge < -0.3 is 4.98 Å². The molecule has 3 rings (SSSR count). The van der Waals surface area contributed by atoms with Gasteiger partial charge in [-0.1, -0.05) is 18.2 Å². The molecule has 0 saturated carbocycles. The number of hydrogen-bond acceptors (Lipinski definition) is 3. The van der Waals surface area contributed by atoms with Gasteiger partial charge in [0.1, 0.15) is 11.9 Å². The molecule has 0 fully saturated rings. The second kappa shape index (κ2) is 4.75. The zero-order valence-corrected chi connectivity index (χ0v) is 10.0. The summed E-state index contributed by atoms with van der Waals surface area (Å²) in [6, 6.07) is 15.4. The number of pyridine rings is 1. The highest BCUT2D eigenvalue weighted by atomic mass is 14.9. The molecule has 90 valence electrons. The Morgan fingerprint density at radius 3 is 2.74 bits per heavy atom. The van der Waals surface area contributed by atoms with Crippen molar-refractivity contribution < 1.29 is 0 Å². The van der Waals surface area contributed by atoms with Gasteiger partial charge in [-0.05, 0) is 30.3 Å². The Hall–Kier alpha value is -2.93. The summed E-state index contributed by atoms with van der Waals surface area (Å²) in [6.45, 7) is 0. The van der Waals surface area contributed by atoms with Crippen LogP contribution in [0.25, 0.3) is 22.7 Å². The molecule has 0 atom stereocenters. The molecule has 19 heavy (non-hydrogen) atoms. The van der Waals surface area contributed by atoms with E-state index in [1.807, 2.05) is 42.5 Å². The molecule has 3 aromatic rings. The average molecular weight is 246 g/mol. The molecule has 0 saturated heterocycles. The smallest absolute Gasteiger partial charge is 0.149 e. The number of imidazole rings is 1. The highest BCUT2D eigenvalue weighted by Gasteiger charge is 2.07. The molecule has 2 heterocycles. The van der Waals surface area contributed by atoms with E-state index in [2.05, 4.69) is 21.0 Å². The van der Waals surface area contributed by atoms with Gasteiger partial charge in [0.15, 0.2) is 0 Å². The highest BCUT2D eigenvalue weighted by Crippen LogP contribution is 2.18. The zero-order chi connectivity index (χ0) is 13.1. The Labute approximate surface area is 110 Å². The SMILES string of the molecule is N#C/C(=C\c1ccccn1)c1nc2ccccc2[nH]1. The molecule has 0 amide bonds. The molecule has 0 unspecified atom stereocenters. The van der Waals surface area contributed by atoms with Gasteiger partial charge in [-0.15, -0.1) is 0 Å². The van der Waals surface area contributed by atoms with Crippen LogP contribution in [0.2, 0.25) is 0 Å². The van der Waals surface area contributed by atoms with Crippen molar-refractivity contribution in [3.63, 3.8) is 0 Å². The molecule has 0 aliphatic rings. The molecule has 0 spiro atoms. The molecular weight excluding hydrogens is 236 g/mol. The summed E-state index contributed by atoms with van der Waals surface area (Å²) >= 11 is 0. The molecule has 0 bridgehead atoms. The highest BCUT2D eigenvalue weighted by molar-refractivity contribution is 5.89. The Balaban J connectivity index is 2.08. The summed E-state index contributed by atoms with van der Waals surface area (Å²) in [5.41, 5.74) is 2.97. The van der Waals surface area contributed by atoms with E-state index < -0.39 is 0 Å². The first-order valence-electron chi connectivity index (χ1n) is 5.85. The van der Waals surface area contributed by atoms with Crippen molar-refractivity contribution in [1.82, 2.24) is 15.0 Å². The summed E-state index contributed by atoms with van der Waals surface area (Å²) in [4.78, 5) is 11.7. The lowest BCUT2D eigenvalue weighted by Gasteiger charge is -1.94. The lowest BCUT2D eigenvalue weighted by atomic mass is 10.2. The van der Waals surface area contributed by atoms with Gasteiger partial charge in [0, 0.05) is 6.20 Å². The third kappa shape index (κ3) is 2.22. The zero-order valence-electron chi connectivity index (χ0n) is 10.0. The molecule has 1 aromatic carbocycles. The van der Waals surface area contributed by atoms with E-state index in [9.17, 15) is 5.26 Å². The number of benzene rings is 1. The van der Waals surface area contributed by atoms with Crippen LogP contribution < -0.4 is 0 Å².